The predicted molar refractivity (Wildman–Crippen MR) is 93.1 cm³/mol. The molecule has 0 radical (unpaired) electrons. The molecule has 0 aliphatic heterocycles. The van der Waals surface area contributed by atoms with Gasteiger partial charge >= 0.3 is 0 Å². The number of hydrogen-bond acceptors (Lipinski definition) is 3. The zero-order valence-electron chi connectivity index (χ0n) is 13.7. The Kier molecular flexibility index (Phi) is 6.32. The van der Waals surface area contributed by atoms with Crippen molar-refractivity contribution in [3.63, 3.8) is 0 Å². The van der Waals surface area contributed by atoms with Crippen LogP contribution in [0.3, 0.4) is 0 Å². The monoisotopic (exact) mass is 312 g/mol. The number of aliphatic hydroxyl groups excluding tert-OH is 1. The maximum atomic E-state index is 11.2. The van der Waals surface area contributed by atoms with Crippen LogP contribution in [0, 0.1) is 0 Å². The maximum absolute atomic E-state index is 11.2. The summed E-state index contributed by atoms with van der Waals surface area (Å²) in [6.07, 6.45) is 0.686. The molecule has 0 spiro atoms. The highest BCUT2D eigenvalue weighted by Gasteiger charge is 2.16. The second-order valence-electron chi connectivity index (χ2n) is 5.74. The van der Waals surface area contributed by atoms with Crippen molar-refractivity contribution in [2.75, 3.05) is 19.0 Å². The summed E-state index contributed by atoms with van der Waals surface area (Å²) in [5, 5.41) is 12.2. The van der Waals surface area contributed by atoms with E-state index in [2.05, 4.69) is 29.4 Å². The first-order valence-corrected chi connectivity index (χ1v) is 7.82. The standard InChI is InChI=1S/C19H24N2O2/c1-15(23)20-18-10-6-7-16(13-18)14-21(2)19(11-12-22)17-8-4-3-5-9-17/h3-10,13,19,22H,11-12,14H2,1-2H3,(H,20,23). The first-order chi connectivity index (χ1) is 11.1. The first-order valence-electron chi connectivity index (χ1n) is 7.82. The van der Waals surface area contributed by atoms with Gasteiger partial charge in [0, 0.05) is 31.8 Å². The molecule has 0 aliphatic carbocycles. The number of nitrogens with one attached hydrogen (secondary N) is 1. The number of anilines is 1. The highest BCUT2D eigenvalue weighted by molar-refractivity contribution is 5.88. The Morgan fingerprint density at radius 2 is 1.91 bits per heavy atom. The summed E-state index contributed by atoms with van der Waals surface area (Å²) < 4.78 is 0. The molecule has 2 rings (SSSR count). The van der Waals surface area contributed by atoms with Crippen molar-refractivity contribution in [3.05, 3.63) is 65.7 Å². The molecule has 2 aromatic rings. The molecule has 1 amide bonds. The number of benzene rings is 2. The van der Waals surface area contributed by atoms with Crippen molar-refractivity contribution in [2.45, 2.75) is 25.9 Å². The predicted octanol–water partition coefficient (Wildman–Crippen LogP) is 3.20. The van der Waals surface area contributed by atoms with Gasteiger partial charge in [0.1, 0.15) is 0 Å². The van der Waals surface area contributed by atoms with Crippen molar-refractivity contribution < 1.29 is 9.90 Å². The summed E-state index contributed by atoms with van der Waals surface area (Å²) in [5.41, 5.74) is 3.13. The van der Waals surface area contributed by atoms with Crippen LogP contribution in [0.25, 0.3) is 0 Å². The lowest BCUT2D eigenvalue weighted by Crippen LogP contribution is -2.25. The number of hydrogen-bond donors (Lipinski definition) is 2. The molecule has 0 aliphatic rings. The second kappa shape index (κ2) is 8.46. The van der Waals surface area contributed by atoms with E-state index in [-0.39, 0.29) is 18.6 Å². The van der Waals surface area contributed by atoms with Crippen LogP contribution in [0.5, 0.6) is 0 Å². The zero-order chi connectivity index (χ0) is 16.7. The van der Waals surface area contributed by atoms with Crippen molar-refractivity contribution in [1.29, 1.82) is 0 Å². The molecule has 0 saturated heterocycles. The zero-order valence-corrected chi connectivity index (χ0v) is 13.7. The molecule has 2 aromatic carbocycles. The normalized spacial score (nSPS) is 12.2. The van der Waals surface area contributed by atoms with Gasteiger partial charge in [0.2, 0.25) is 5.91 Å². The van der Waals surface area contributed by atoms with Gasteiger partial charge < -0.3 is 10.4 Å². The molecular formula is C19H24N2O2. The lowest BCUT2D eigenvalue weighted by atomic mass is 10.0. The Hall–Kier alpha value is -2.17. The summed E-state index contributed by atoms with van der Waals surface area (Å²) in [5.74, 6) is -0.0713. The van der Waals surface area contributed by atoms with Gasteiger partial charge in [0.15, 0.2) is 0 Å². The Morgan fingerprint density at radius 1 is 1.17 bits per heavy atom. The Balaban J connectivity index is 2.12. The number of aliphatic hydroxyl groups is 1. The van der Waals surface area contributed by atoms with E-state index in [0.717, 1.165) is 17.8 Å². The summed E-state index contributed by atoms with van der Waals surface area (Å²) in [6.45, 7) is 2.40. The average Bonchev–Trinajstić information content (AvgIpc) is 2.53. The van der Waals surface area contributed by atoms with Gasteiger partial charge in [-0.2, -0.15) is 0 Å². The number of carbonyl (C=O) groups is 1. The van der Waals surface area contributed by atoms with E-state index in [0.29, 0.717) is 6.42 Å². The van der Waals surface area contributed by atoms with E-state index in [9.17, 15) is 9.90 Å². The van der Waals surface area contributed by atoms with E-state index in [1.165, 1.54) is 12.5 Å². The fourth-order valence-electron chi connectivity index (χ4n) is 2.79. The van der Waals surface area contributed by atoms with Crippen molar-refractivity contribution in [2.24, 2.45) is 0 Å². The quantitative estimate of drug-likeness (QED) is 0.825. The van der Waals surface area contributed by atoms with Gasteiger partial charge in [-0.15, -0.1) is 0 Å². The Bertz CT molecular complexity index is 628. The molecule has 0 aromatic heterocycles. The van der Waals surface area contributed by atoms with E-state index < -0.39 is 0 Å². The van der Waals surface area contributed by atoms with E-state index >= 15 is 0 Å². The van der Waals surface area contributed by atoms with Crippen molar-refractivity contribution >= 4 is 11.6 Å². The van der Waals surface area contributed by atoms with E-state index in [4.69, 9.17) is 0 Å². The van der Waals surface area contributed by atoms with Crippen LogP contribution in [-0.2, 0) is 11.3 Å². The average molecular weight is 312 g/mol. The van der Waals surface area contributed by atoms with Gasteiger partial charge in [0.25, 0.3) is 0 Å². The Labute approximate surface area is 137 Å². The molecule has 1 atom stereocenters. The summed E-state index contributed by atoms with van der Waals surface area (Å²) in [6, 6.07) is 18.2. The summed E-state index contributed by atoms with van der Waals surface area (Å²) in [4.78, 5) is 13.4. The largest absolute Gasteiger partial charge is 0.396 e. The van der Waals surface area contributed by atoms with Crippen LogP contribution < -0.4 is 5.32 Å². The highest BCUT2D eigenvalue weighted by atomic mass is 16.3. The van der Waals surface area contributed by atoms with Gasteiger partial charge in [-0.3, -0.25) is 9.69 Å². The van der Waals surface area contributed by atoms with Crippen LogP contribution in [0.15, 0.2) is 54.6 Å². The number of rotatable bonds is 7. The number of carbonyl (C=O) groups excluding carboxylic acids is 1. The van der Waals surface area contributed by atoms with Crippen molar-refractivity contribution in [1.82, 2.24) is 4.90 Å². The molecule has 0 bridgehead atoms. The topological polar surface area (TPSA) is 52.6 Å². The molecule has 2 N–H and O–H groups in total. The van der Waals surface area contributed by atoms with Gasteiger partial charge in [-0.1, -0.05) is 42.5 Å². The molecule has 4 heteroatoms. The second-order valence-corrected chi connectivity index (χ2v) is 5.74. The van der Waals surface area contributed by atoms with Crippen LogP contribution in [0.2, 0.25) is 0 Å². The van der Waals surface area contributed by atoms with Crippen molar-refractivity contribution in [3.8, 4) is 0 Å². The molecule has 23 heavy (non-hydrogen) atoms. The van der Waals surface area contributed by atoms with E-state index in [1.807, 2.05) is 42.5 Å². The van der Waals surface area contributed by atoms with Crippen LogP contribution in [0.1, 0.15) is 30.5 Å². The fourth-order valence-corrected chi connectivity index (χ4v) is 2.79. The molecule has 4 nitrogen and oxygen atoms in total. The van der Waals surface area contributed by atoms with Crippen LogP contribution >= 0.6 is 0 Å². The first kappa shape index (κ1) is 17.2. The van der Waals surface area contributed by atoms with Crippen LogP contribution in [0.4, 0.5) is 5.69 Å². The smallest absolute Gasteiger partial charge is 0.221 e. The highest BCUT2D eigenvalue weighted by Crippen LogP contribution is 2.25. The lowest BCUT2D eigenvalue weighted by molar-refractivity contribution is -0.114. The Morgan fingerprint density at radius 3 is 2.57 bits per heavy atom. The van der Waals surface area contributed by atoms with Gasteiger partial charge in [-0.05, 0) is 36.7 Å². The van der Waals surface area contributed by atoms with E-state index in [1.54, 1.807) is 0 Å². The molecule has 0 fully saturated rings. The molecule has 0 heterocycles. The molecule has 0 saturated carbocycles. The lowest BCUT2D eigenvalue weighted by Gasteiger charge is -2.28. The minimum Gasteiger partial charge on any atom is -0.396 e. The minimum atomic E-state index is -0.0713. The third-order valence-corrected chi connectivity index (χ3v) is 3.80. The minimum absolute atomic E-state index is 0.0713. The maximum Gasteiger partial charge on any atom is 0.221 e. The van der Waals surface area contributed by atoms with Gasteiger partial charge in [-0.25, -0.2) is 0 Å². The molecule has 1 unspecified atom stereocenters. The van der Waals surface area contributed by atoms with Gasteiger partial charge in [0.05, 0.1) is 0 Å². The summed E-state index contributed by atoms with van der Waals surface area (Å²) in [7, 11) is 2.05. The third-order valence-electron chi connectivity index (χ3n) is 3.80. The van der Waals surface area contributed by atoms with Crippen LogP contribution in [-0.4, -0.2) is 29.6 Å². The SMILES string of the molecule is CC(=O)Nc1cccc(CN(C)C(CCO)c2ccccc2)c1. The molecular weight excluding hydrogens is 288 g/mol. The number of amides is 1. The summed E-state index contributed by atoms with van der Waals surface area (Å²) >= 11 is 0. The third kappa shape index (κ3) is 5.20. The number of nitrogens with zero attached hydrogens (tertiary/aromatic N) is 1. The molecule has 122 valence electrons. The fraction of sp³-hybridized carbons (Fsp3) is 0.316.